The van der Waals surface area contributed by atoms with Gasteiger partial charge in [-0.15, -0.1) is 0 Å². The van der Waals surface area contributed by atoms with Gasteiger partial charge in [-0.05, 0) is 18.6 Å². The molecule has 0 saturated carbocycles. The van der Waals surface area contributed by atoms with Crippen molar-refractivity contribution >= 4 is 29.2 Å². The summed E-state index contributed by atoms with van der Waals surface area (Å²) >= 11 is 11.6. The highest BCUT2D eigenvalue weighted by atomic mass is 35.5. The second-order valence-corrected chi connectivity index (χ2v) is 3.52. The highest BCUT2D eigenvalue weighted by molar-refractivity contribution is 6.43. The van der Waals surface area contributed by atoms with E-state index in [1.165, 1.54) is 0 Å². The van der Waals surface area contributed by atoms with Gasteiger partial charge in [0.2, 0.25) is 0 Å². The third-order valence-electron chi connectivity index (χ3n) is 1.61. The summed E-state index contributed by atoms with van der Waals surface area (Å²) in [6.45, 7) is 2.31. The van der Waals surface area contributed by atoms with Crippen LogP contribution in [0.25, 0.3) is 0 Å². The molecule has 0 spiro atoms. The van der Waals surface area contributed by atoms with Crippen LogP contribution in [0.3, 0.4) is 0 Å². The fourth-order valence-electron chi connectivity index (χ4n) is 0.934. The molecule has 0 bridgehead atoms. The first-order valence-electron chi connectivity index (χ1n) is 4.28. The first-order valence-corrected chi connectivity index (χ1v) is 5.03. The Morgan fingerprint density at radius 3 is 2.79 bits per heavy atom. The van der Waals surface area contributed by atoms with Gasteiger partial charge in [-0.3, -0.25) is 0 Å². The lowest BCUT2D eigenvalue weighted by Crippen LogP contribution is -2.06. The SMILES string of the molecule is CCCOC(=O)c1cccc(Cl)c1Cl. The predicted molar refractivity (Wildman–Crippen MR) is 57.0 cm³/mol. The Labute approximate surface area is 92.8 Å². The number of benzene rings is 1. The highest BCUT2D eigenvalue weighted by Crippen LogP contribution is 2.25. The summed E-state index contributed by atoms with van der Waals surface area (Å²) in [6, 6.07) is 4.88. The third-order valence-corrected chi connectivity index (χ3v) is 2.43. The molecule has 2 nitrogen and oxygen atoms in total. The maximum absolute atomic E-state index is 11.4. The smallest absolute Gasteiger partial charge is 0.339 e. The lowest BCUT2D eigenvalue weighted by Gasteiger charge is -2.05. The molecular formula is C10H10Cl2O2. The monoisotopic (exact) mass is 232 g/mol. The van der Waals surface area contributed by atoms with Crippen molar-refractivity contribution in [3.8, 4) is 0 Å². The molecule has 0 atom stereocenters. The minimum atomic E-state index is -0.431. The second-order valence-electron chi connectivity index (χ2n) is 2.74. The fraction of sp³-hybridized carbons (Fsp3) is 0.300. The molecule has 0 unspecified atom stereocenters. The van der Waals surface area contributed by atoms with E-state index in [0.29, 0.717) is 17.2 Å². The molecule has 0 amide bonds. The highest BCUT2D eigenvalue weighted by Gasteiger charge is 2.13. The third kappa shape index (κ3) is 2.63. The van der Waals surface area contributed by atoms with E-state index >= 15 is 0 Å². The van der Waals surface area contributed by atoms with Gasteiger partial charge in [0.15, 0.2) is 0 Å². The molecule has 0 aromatic heterocycles. The summed E-state index contributed by atoms with van der Waals surface area (Å²) in [7, 11) is 0. The lowest BCUT2D eigenvalue weighted by molar-refractivity contribution is 0.0505. The van der Waals surface area contributed by atoms with Gasteiger partial charge < -0.3 is 4.74 Å². The predicted octanol–water partition coefficient (Wildman–Crippen LogP) is 3.56. The van der Waals surface area contributed by atoms with E-state index in [-0.39, 0.29) is 5.02 Å². The Morgan fingerprint density at radius 2 is 2.14 bits per heavy atom. The normalized spacial score (nSPS) is 9.93. The summed E-state index contributed by atoms with van der Waals surface area (Å²) in [5.41, 5.74) is 0.313. The summed E-state index contributed by atoms with van der Waals surface area (Å²) in [5, 5.41) is 0.605. The van der Waals surface area contributed by atoms with E-state index in [4.69, 9.17) is 27.9 Å². The molecule has 0 heterocycles. The van der Waals surface area contributed by atoms with Crippen LogP contribution in [0.5, 0.6) is 0 Å². The number of carbonyl (C=O) groups excluding carboxylic acids is 1. The number of ether oxygens (including phenoxy) is 1. The van der Waals surface area contributed by atoms with Gasteiger partial charge in [0.25, 0.3) is 0 Å². The average molecular weight is 233 g/mol. The van der Waals surface area contributed by atoms with Crippen LogP contribution in [0.4, 0.5) is 0 Å². The van der Waals surface area contributed by atoms with Crippen molar-refractivity contribution in [3.63, 3.8) is 0 Å². The quantitative estimate of drug-likeness (QED) is 0.746. The maximum atomic E-state index is 11.4. The molecule has 1 rings (SSSR count). The molecule has 0 saturated heterocycles. The number of hydrogen-bond acceptors (Lipinski definition) is 2. The molecule has 0 fully saturated rings. The van der Waals surface area contributed by atoms with E-state index in [9.17, 15) is 4.79 Å². The summed E-state index contributed by atoms with van der Waals surface area (Å²) < 4.78 is 4.93. The van der Waals surface area contributed by atoms with Gasteiger partial charge in [0, 0.05) is 0 Å². The van der Waals surface area contributed by atoms with Crippen LogP contribution in [-0.4, -0.2) is 12.6 Å². The van der Waals surface area contributed by atoms with Crippen molar-refractivity contribution < 1.29 is 9.53 Å². The summed E-state index contributed by atoms with van der Waals surface area (Å²) in [4.78, 5) is 11.4. The number of carbonyl (C=O) groups is 1. The standard InChI is InChI=1S/C10H10Cl2O2/c1-2-6-14-10(13)7-4-3-5-8(11)9(7)12/h3-5H,2,6H2,1H3. The lowest BCUT2D eigenvalue weighted by atomic mass is 10.2. The van der Waals surface area contributed by atoms with Gasteiger partial charge in [-0.2, -0.15) is 0 Å². The molecule has 14 heavy (non-hydrogen) atoms. The Bertz CT molecular complexity index is 337. The molecule has 1 aromatic carbocycles. The first kappa shape index (κ1) is 11.3. The van der Waals surface area contributed by atoms with Crippen molar-refractivity contribution in [1.82, 2.24) is 0 Å². The molecule has 0 aliphatic carbocycles. The minimum absolute atomic E-state index is 0.246. The summed E-state index contributed by atoms with van der Waals surface area (Å²) in [6.07, 6.45) is 0.782. The number of hydrogen-bond donors (Lipinski definition) is 0. The molecule has 0 aliphatic rings. The number of halogens is 2. The Balaban J connectivity index is 2.84. The van der Waals surface area contributed by atoms with Crippen molar-refractivity contribution in [1.29, 1.82) is 0 Å². The first-order chi connectivity index (χ1) is 6.66. The zero-order valence-electron chi connectivity index (χ0n) is 7.72. The zero-order valence-corrected chi connectivity index (χ0v) is 9.23. The Morgan fingerprint density at radius 1 is 1.43 bits per heavy atom. The molecule has 0 N–H and O–H groups in total. The minimum Gasteiger partial charge on any atom is -0.462 e. The molecule has 4 heteroatoms. The number of rotatable bonds is 3. The van der Waals surface area contributed by atoms with Crippen LogP contribution in [0, 0.1) is 0 Å². The number of esters is 1. The van der Waals surface area contributed by atoms with E-state index < -0.39 is 5.97 Å². The Hall–Kier alpha value is -0.730. The zero-order chi connectivity index (χ0) is 10.6. The summed E-state index contributed by atoms with van der Waals surface area (Å²) in [5.74, 6) is -0.431. The van der Waals surface area contributed by atoms with Gasteiger partial charge in [-0.25, -0.2) is 4.79 Å². The van der Waals surface area contributed by atoms with E-state index in [0.717, 1.165) is 6.42 Å². The molecular weight excluding hydrogens is 223 g/mol. The molecule has 76 valence electrons. The van der Waals surface area contributed by atoms with E-state index in [1.54, 1.807) is 18.2 Å². The van der Waals surface area contributed by atoms with Gasteiger partial charge in [-0.1, -0.05) is 36.2 Å². The fourth-order valence-corrected chi connectivity index (χ4v) is 1.31. The van der Waals surface area contributed by atoms with Crippen LogP contribution in [0.15, 0.2) is 18.2 Å². The van der Waals surface area contributed by atoms with Gasteiger partial charge >= 0.3 is 5.97 Å². The van der Waals surface area contributed by atoms with Gasteiger partial charge in [0.05, 0.1) is 22.2 Å². The van der Waals surface area contributed by atoms with E-state index in [2.05, 4.69) is 0 Å². The Kier molecular flexibility index (Phi) is 4.23. The van der Waals surface area contributed by atoms with Crippen molar-refractivity contribution in [2.45, 2.75) is 13.3 Å². The topological polar surface area (TPSA) is 26.3 Å². The molecule has 0 radical (unpaired) electrons. The van der Waals surface area contributed by atoms with Crippen LogP contribution >= 0.6 is 23.2 Å². The van der Waals surface area contributed by atoms with Crippen LogP contribution < -0.4 is 0 Å². The van der Waals surface area contributed by atoms with Gasteiger partial charge in [0.1, 0.15) is 0 Å². The van der Waals surface area contributed by atoms with Crippen molar-refractivity contribution in [2.24, 2.45) is 0 Å². The largest absolute Gasteiger partial charge is 0.462 e. The van der Waals surface area contributed by atoms with Crippen LogP contribution in [-0.2, 0) is 4.74 Å². The van der Waals surface area contributed by atoms with Crippen LogP contribution in [0.2, 0.25) is 10.0 Å². The average Bonchev–Trinajstić information content (AvgIpc) is 2.18. The van der Waals surface area contributed by atoms with Crippen molar-refractivity contribution in [2.75, 3.05) is 6.61 Å². The molecule has 1 aromatic rings. The van der Waals surface area contributed by atoms with E-state index in [1.807, 2.05) is 6.92 Å². The van der Waals surface area contributed by atoms with Crippen LogP contribution in [0.1, 0.15) is 23.7 Å². The maximum Gasteiger partial charge on any atom is 0.339 e. The molecule has 0 aliphatic heterocycles. The second kappa shape index (κ2) is 5.23. The van der Waals surface area contributed by atoms with Crippen molar-refractivity contribution in [3.05, 3.63) is 33.8 Å².